The quantitative estimate of drug-likeness (QED) is 0.906. The van der Waals surface area contributed by atoms with Gasteiger partial charge >= 0.3 is 0 Å². The SMILES string of the molecule is N#CC1CNCCN1Cc1cccc(F)c1Br. The highest BCUT2D eigenvalue weighted by Gasteiger charge is 2.22. The number of benzene rings is 1. The van der Waals surface area contributed by atoms with Crippen molar-refractivity contribution in [3.63, 3.8) is 0 Å². The summed E-state index contributed by atoms with van der Waals surface area (Å²) in [6.45, 7) is 2.94. The number of hydrogen-bond donors (Lipinski definition) is 1. The van der Waals surface area contributed by atoms with Crippen molar-refractivity contribution in [2.75, 3.05) is 19.6 Å². The molecule has 0 spiro atoms. The minimum atomic E-state index is -0.258. The maximum Gasteiger partial charge on any atom is 0.137 e. The van der Waals surface area contributed by atoms with Crippen molar-refractivity contribution in [2.45, 2.75) is 12.6 Å². The highest BCUT2D eigenvalue weighted by Crippen LogP contribution is 2.22. The molecule has 1 atom stereocenters. The molecule has 1 aliphatic rings. The molecule has 0 aromatic heterocycles. The van der Waals surface area contributed by atoms with Crippen LogP contribution in [0.4, 0.5) is 4.39 Å². The fraction of sp³-hybridized carbons (Fsp3) is 0.417. The fourth-order valence-electron chi connectivity index (χ4n) is 1.95. The van der Waals surface area contributed by atoms with Crippen molar-refractivity contribution < 1.29 is 4.39 Å². The van der Waals surface area contributed by atoms with Gasteiger partial charge in [0.25, 0.3) is 0 Å². The van der Waals surface area contributed by atoms with E-state index >= 15 is 0 Å². The lowest BCUT2D eigenvalue weighted by Gasteiger charge is -2.32. The van der Waals surface area contributed by atoms with Gasteiger partial charge in [0, 0.05) is 26.2 Å². The summed E-state index contributed by atoms with van der Waals surface area (Å²) in [6, 6.07) is 7.12. The number of halogens is 2. The van der Waals surface area contributed by atoms with Crippen LogP contribution in [-0.2, 0) is 6.54 Å². The van der Waals surface area contributed by atoms with Crippen LogP contribution >= 0.6 is 15.9 Å². The number of nitrogens with zero attached hydrogens (tertiary/aromatic N) is 2. The lowest BCUT2D eigenvalue weighted by molar-refractivity contribution is 0.189. The van der Waals surface area contributed by atoms with Crippen molar-refractivity contribution >= 4 is 15.9 Å². The van der Waals surface area contributed by atoms with Gasteiger partial charge in [-0.25, -0.2) is 4.39 Å². The maximum atomic E-state index is 13.4. The van der Waals surface area contributed by atoms with E-state index in [4.69, 9.17) is 5.26 Å². The summed E-state index contributed by atoms with van der Waals surface area (Å²) in [5.41, 5.74) is 0.882. The second kappa shape index (κ2) is 5.58. The lowest BCUT2D eigenvalue weighted by atomic mass is 10.1. The lowest BCUT2D eigenvalue weighted by Crippen LogP contribution is -2.50. The van der Waals surface area contributed by atoms with E-state index < -0.39 is 0 Å². The molecule has 0 bridgehead atoms. The summed E-state index contributed by atoms with van der Waals surface area (Å²) >= 11 is 3.25. The molecule has 1 aromatic rings. The Morgan fingerprint density at radius 1 is 1.59 bits per heavy atom. The van der Waals surface area contributed by atoms with Crippen LogP contribution in [0.25, 0.3) is 0 Å². The third kappa shape index (κ3) is 2.83. The summed E-state index contributed by atoms with van der Waals surface area (Å²) in [6.07, 6.45) is 0. The zero-order chi connectivity index (χ0) is 12.3. The smallest absolute Gasteiger partial charge is 0.137 e. The highest BCUT2D eigenvalue weighted by molar-refractivity contribution is 9.10. The molecule has 5 heteroatoms. The number of hydrogen-bond acceptors (Lipinski definition) is 3. The van der Waals surface area contributed by atoms with Gasteiger partial charge in [-0.3, -0.25) is 4.90 Å². The molecule has 0 aliphatic carbocycles. The van der Waals surface area contributed by atoms with Gasteiger partial charge in [0.05, 0.1) is 10.5 Å². The molecule has 0 amide bonds. The molecule has 90 valence electrons. The minimum absolute atomic E-state index is 0.140. The molecule has 1 fully saturated rings. The Morgan fingerprint density at radius 2 is 2.41 bits per heavy atom. The van der Waals surface area contributed by atoms with Gasteiger partial charge in [-0.1, -0.05) is 12.1 Å². The Bertz CT molecular complexity index is 444. The number of rotatable bonds is 2. The summed E-state index contributed by atoms with van der Waals surface area (Å²) in [4.78, 5) is 2.07. The molecular weight excluding hydrogens is 285 g/mol. The Morgan fingerprint density at radius 3 is 3.18 bits per heavy atom. The Labute approximate surface area is 108 Å². The predicted octanol–water partition coefficient (Wildman–Crippen LogP) is 1.89. The Hall–Kier alpha value is -0.960. The van der Waals surface area contributed by atoms with Crippen LogP contribution in [-0.4, -0.2) is 30.6 Å². The summed E-state index contributed by atoms with van der Waals surface area (Å²) in [5.74, 6) is -0.258. The van der Waals surface area contributed by atoms with Gasteiger partial charge in [0.2, 0.25) is 0 Å². The highest BCUT2D eigenvalue weighted by atomic mass is 79.9. The molecule has 1 N–H and O–H groups in total. The van der Waals surface area contributed by atoms with Gasteiger partial charge in [0.15, 0.2) is 0 Å². The average molecular weight is 298 g/mol. The van der Waals surface area contributed by atoms with Gasteiger partial charge in [0.1, 0.15) is 11.9 Å². The molecule has 0 saturated carbocycles. The van der Waals surface area contributed by atoms with Gasteiger partial charge in [-0.05, 0) is 27.6 Å². The molecule has 17 heavy (non-hydrogen) atoms. The zero-order valence-electron chi connectivity index (χ0n) is 9.29. The summed E-state index contributed by atoms with van der Waals surface area (Å²) in [7, 11) is 0. The van der Waals surface area contributed by atoms with E-state index in [1.54, 1.807) is 6.07 Å². The van der Waals surface area contributed by atoms with Crippen LogP contribution in [0.3, 0.4) is 0 Å². The Kier molecular flexibility index (Phi) is 4.11. The summed E-state index contributed by atoms with van der Waals surface area (Å²) < 4.78 is 13.9. The summed E-state index contributed by atoms with van der Waals surface area (Å²) in [5, 5.41) is 12.2. The molecule has 0 radical (unpaired) electrons. The van der Waals surface area contributed by atoms with Crippen LogP contribution in [0.15, 0.2) is 22.7 Å². The number of piperazine rings is 1. The maximum absolute atomic E-state index is 13.4. The van der Waals surface area contributed by atoms with E-state index in [9.17, 15) is 4.39 Å². The van der Waals surface area contributed by atoms with E-state index in [0.29, 0.717) is 17.6 Å². The van der Waals surface area contributed by atoms with Crippen molar-refractivity contribution in [2.24, 2.45) is 0 Å². The van der Waals surface area contributed by atoms with Crippen LogP contribution in [0.1, 0.15) is 5.56 Å². The van der Waals surface area contributed by atoms with E-state index in [1.807, 2.05) is 6.07 Å². The van der Waals surface area contributed by atoms with Crippen molar-refractivity contribution in [1.82, 2.24) is 10.2 Å². The minimum Gasteiger partial charge on any atom is -0.313 e. The fourth-order valence-corrected chi connectivity index (χ4v) is 2.34. The van der Waals surface area contributed by atoms with Crippen molar-refractivity contribution in [3.05, 3.63) is 34.1 Å². The molecule has 1 aliphatic heterocycles. The average Bonchev–Trinajstić information content (AvgIpc) is 2.35. The van der Waals surface area contributed by atoms with Gasteiger partial charge < -0.3 is 5.32 Å². The molecular formula is C12H13BrFN3. The molecule has 3 nitrogen and oxygen atoms in total. The van der Waals surface area contributed by atoms with Crippen LogP contribution in [0.2, 0.25) is 0 Å². The largest absolute Gasteiger partial charge is 0.313 e. The third-order valence-corrected chi connectivity index (χ3v) is 3.80. The van der Waals surface area contributed by atoms with Crippen molar-refractivity contribution in [1.29, 1.82) is 5.26 Å². The van der Waals surface area contributed by atoms with Crippen LogP contribution < -0.4 is 5.32 Å². The first-order valence-corrected chi connectivity index (χ1v) is 6.29. The predicted molar refractivity (Wildman–Crippen MR) is 66.8 cm³/mol. The second-order valence-corrected chi connectivity index (χ2v) is 4.83. The third-order valence-electron chi connectivity index (χ3n) is 2.91. The normalized spacial score (nSPS) is 21.1. The first-order chi connectivity index (χ1) is 8.22. The molecule has 1 unspecified atom stereocenters. The number of nitriles is 1. The topological polar surface area (TPSA) is 39.1 Å². The first kappa shape index (κ1) is 12.5. The zero-order valence-corrected chi connectivity index (χ0v) is 10.9. The van der Waals surface area contributed by atoms with Crippen LogP contribution in [0, 0.1) is 17.1 Å². The monoisotopic (exact) mass is 297 g/mol. The van der Waals surface area contributed by atoms with Gasteiger partial charge in [-0.15, -0.1) is 0 Å². The molecule has 2 rings (SSSR count). The van der Waals surface area contributed by atoms with E-state index in [0.717, 1.165) is 18.7 Å². The van der Waals surface area contributed by atoms with E-state index in [-0.39, 0.29) is 11.9 Å². The van der Waals surface area contributed by atoms with Crippen molar-refractivity contribution in [3.8, 4) is 6.07 Å². The standard InChI is InChI=1S/C12H13BrFN3/c13-12-9(2-1-3-11(12)14)8-17-5-4-16-7-10(17)6-15/h1-3,10,16H,4-5,7-8H2. The second-order valence-electron chi connectivity index (χ2n) is 4.03. The Balaban J connectivity index is 2.14. The van der Waals surface area contributed by atoms with Crippen LogP contribution in [0.5, 0.6) is 0 Å². The van der Waals surface area contributed by atoms with E-state index in [1.165, 1.54) is 6.07 Å². The molecule has 1 heterocycles. The first-order valence-electron chi connectivity index (χ1n) is 5.49. The molecule has 1 aromatic carbocycles. The molecule has 1 saturated heterocycles. The van der Waals surface area contributed by atoms with E-state index in [2.05, 4.69) is 32.2 Å². The number of nitrogens with one attached hydrogen (secondary N) is 1. The van der Waals surface area contributed by atoms with Gasteiger partial charge in [-0.2, -0.15) is 5.26 Å².